The predicted octanol–water partition coefficient (Wildman–Crippen LogP) is 3.66. The number of carbonyl (C=O) groups is 1. The van der Waals surface area contributed by atoms with Gasteiger partial charge in [0.15, 0.2) is 11.5 Å². The molecule has 0 saturated heterocycles. The first-order valence-corrected chi connectivity index (χ1v) is 11.5. The van der Waals surface area contributed by atoms with E-state index in [-0.39, 0.29) is 22.9 Å². The number of sulfonamides is 1. The molecule has 3 aromatic rings. The Kier molecular flexibility index (Phi) is 7.55. The Bertz CT molecular complexity index is 1250. The van der Waals surface area contributed by atoms with E-state index in [1.54, 1.807) is 0 Å². The van der Waals surface area contributed by atoms with Crippen LogP contribution in [0.1, 0.15) is 11.1 Å². The van der Waals surface area contributed by atoms with E-state index in [9.17, 15) is 17.6 Å². The number of hydrogen-bond acceptors (Lipinski definition) is 5. The Morgan fingerprint density at radius 3 is 2.30 bits per heavy atom. The number of methoxy groups -OCH3 is 2. The van der Waals surface area contributed by atoms with Crippen molar-refractivity contribution in [2.24, 2.45) is 0 Å². The molecule has 0 aromatic heterocycles. The lowest BCUT2D eigenvalue weighted by atomic mass is 10.1. The monoisotopic (exact) mass is 472 g/mol. The second kappa shape index (κ2) is 10.4. The highest BCUT2D eigenvalue weighted by Crippen LogP contribution is 2.32. The summed E-state index contributed by atoms with van der Waals surface area (Å²) in [4.78, 5) is 12.6. The summed E-state index contributed by atoms with van der Waals surface area (Å²) in [6.45, 7) is 1.52. The molecule has 3 aromatic carbocycles. The molecule has 0 radical (unpaired) electrons. The SMILES string of the molecule is COc1ccc(S(=O)(=O)N(CC(=O)NCc2ccccc2C)c2ccccc2F)cc1OC. The molecule has 7 nitrogen and oxygen atoms in total. The first-order chi connectivity index (χ1) is 15.8. The zero-order valence-electron chi connectivity index (χ0n) is 18.5. The van der Waals surface area contributed by atoms with E-state index in [4.69, 9.17) is 9.47 Å². The van der Waals surface area contributed by atoms with E-state index in [1.807, 2.05) is 31.2 Å². The quantitative estimate of drug-likeness (QED) is 0.514. The van der Waals surface area contributed by atoms with Crippen LogP contribution in [-0.2, 0) is 21.4 Å². The van der Waals surface area contributed by atoms with Gasteiger partial charge < -0.3 is 14.8 Å². The molecular weight excluding hydrogens is 447 g/mol. The maximum atomic E-state index is 14.6. The van der Waals surface area contributed by atoms with Gasteiger partial charge in [-0.05, 0) is 42.3 Å². The number of anilines is 1. The summed E-state index contributed by atoms with van der Waals surface area (Å²) >= 11 is 0. The summed E-state index contributed by atoms with van der Waals surface area (Å²) in [7, 11) is -1.52. The van der Waals surface area contributed by atoms with Crippen molar-refractivity contribution in [3.63, 3.8) is 0 Å². The molecule has 9 heteroatoms. The van der Waals surface area contributed by atoms with Crippen molar-refractivity contribution in [2.45, 2.75) is 18.4 Å². The molecule has 0 aliphatic carbocycles. The van der Waals surface area contributed by atoms with Crippen LogP contribution in [0, 0.1) is 12.7 Å². The fourth-order valence-corrected chi connectivity index (χ4v) is 4.69. The summed E-state index contributed by atoms with van der Waals surface area (Å²) in [5.74, 6) is -0.820. The molecule has 0 spiro atoms. The van der Waals surface area contributed by atoms with Crippen molar-refractivity contribution in [2.75, 3.05) is 25.1 Å². The third-order valence-corrected chi connectivity index (χ3v) is 6.84. The van der Waals surface area contributed by atoms with Crippen LogP contribution in [0.25, 0.3) is 0 Å². The van der Waals surface area contributed by atoms with Crippen LogP contribution in [0.5, 0.6) is 11.5 Å². The molecule has 0 fully saturated rings. The first kappa shape index (κ1) is 24.1. The third-order valence-electron chi connectivity index (χ3n) is 5.09. The Balaban J connectivity index is 1.94. The minimum absolute atomic E-state index is 0.171. The van der Waals surface area contributed by atoms with Crippen LogP contribution in [-0.4, -0.2) is 35.1 Å². The van der Waals surface area contributed by atoms with Gasteiger partial charge in [0.05, 0.1) is 24.8 Å². The van der Waals surface area contributed by atoms with E-state index in [0.717, 1.165) is 21.5 Å². The second-order valence-electron chi connectivity index (χ2n) is 7.18. The summed E-state index contributed by atoms with van der Waals surface area (Å²) in [6, 6.07) is 16.9. The van der Waals surface area contributed by atoms with Gasteiger partial charge in [0.25, 0.3) is 10.0 Å². The summed E-state index contributed by atoms with van der Waals surface area (Å²) in [5.41, 5.74) is 1.64. The number of amides is 1. The van der Waals surface area contributed by atoms with Crippen LogP contribution >= 0.6 is 0 Å². The highest BCUT2D eigenvalue weighted by atomic mass is 32.2. The molecule has 0 aliphatic heterocycles. The van der Waals surface area contributed by atoms with E-state index in [0.29, 0.717) is 5.75 Å². The van der Waals surface area contributed by atoms with E-state index in [2.05, 4.69) is 5.32 Å². The molecule has 0 heterocycles. The number of halogens is 1. The summed E-state index contributed by atoms with van der Waals surface area (Å²) in [6.07, 6.45) is 0. The van der Waals surface area contributed by atoms with Crippen LogP contribution < -0.4 is 19.1 Å². The van der Waals surface area contributed by atoms with E-state index >= 15 is 0 Å². The second-order valence-corrected chi connectivity index (χ2v) is 9.05. The molecule has 33 heavy (non-hydrogen) atoms. The fraction of sp³-hybridized carbons (Fsp3) is 0.208. The van der Waals surface area contributed by atoms with Gasteiger partial charge in [0.1, 0.15) is 12.4 Å². The Morgan fingerprint density at radius 2 is 1.64 bits per heavy atom. The number of carbonyl (C=O) groups excluding carboxylic acids is 1. The average molecular weight is 473 g/mol. The van der Waals surface area contributed by atoms with Gasteiger partial charge in [-0.1, -0.05) is 36.4 Å². The van der Waals surface area contributed by atoms with Crippen molar-refractivity contribution in [3.05, 3.63) is 83.7 Å². The number of hydrogen-bond donors (Lipinski definition) is 1. The number of ether oxygens (including phenoxy) is 2. The van der Waals surface area contributed by atoms with E-state index < -0.39 is 28.3 Å². The van der Waals surface area contributed by atoms with E-state index in [1.165, 1.54) is 50.6 Å². The maximum Gasteiger partial charge on any atom is 0.265 e. The summed E-state index contributed by atoms with van der Waals surface area (Å²) < 4.78 is 52.7. The van der Waals surface area contributed by atoms with Crippen LogP contribution in [0.3, 0.4) is 0 Å². The van der Waals surface area contributed by atoms with Crippen molar-refractivity contribution < 1.29 is 27.1 Å². The first-order valence-electron chi connectivity index (χ1n) is 10.1. The Hall–Kier alpha value is -3.59. The normalized spacial score (nSPS) is 11.0. The number of nitrogens with one attached hydrogen (secondary N) is 1. The lowest BCUT2D eigenvalue weighted by molar-refractivity contribution is -0.119. The molecule has 0 atom stereocenters. The molecule has 0 bridgehead atoms. The molecule has 0 saturated carbocycles. The fourth-order valence-electron chi connectivity index (χ4n) is 3.25. The minimum atomic E-state index is -4.32. The molecule has 3 rings (SSSR count). The molecule has 1 amide bonds. The van der Waals surface area contributed by atoms with Crippen molar-refractivity contribution >= 4 is 21.6 Å². The molecule has 174 valence electrons. The summed E-state index contributed by atoms with van der Waals surface area (Å²) in [5, 5.41) is 2.71. The standard InChI is InChI=1S/C24H25FN2O5S/c1-17-8-4-5-9-18(17)15-26-24(28)16-27(21-11-7-6-10-20(21)25)33(29,30)19-12-13-22(31-2)23(14-19)32-3/h4-14H,15-16H2,1-3H3,(H,26,28). The molecule has 0 unspecified atom stereocenters. The highest BCUT2D eigenvalue weighted by molar-refractivity contribution is 7.92. The molecule has 1 N–H and O–H groups in total. The molecule has 0 aliphatic rings. The number of aryl methyl sites for hydroxylation is 1. The highest BCUT2D eigenvalue weighted by Gasteiger charge is 2.30. The van der Waals surface area contributed by atoms with Gasteiger partial charge in [0.2, 0.25) is 5.91 Å². The smallest absolute Gasteiger partial charge is 0.265 e. The van der Waals surface area contributed by atoms with Gasteiger partial charge >= 0.3 is 0 Å². The largest absolute Gasteiger partial charge is 0.493 e. The number of rotatable bonds is 9. The van der Waals surface area contributed by atoms with Gasteiger partial charge in [0, 0.05) is 12.6 Å². The Labute approximate surface area is 192 Å². The van der Waals surface area contributed by atoms with Crippen molar-refractivity contribution in [1.82, 2.24) is 5.32 Å². The predicted molar refractivity (Wildman–Crippen MR) is 124 cm³/mol. The van der Waals surface area contributed by atoms with Gasteiger partial charge in [-0.3, -0.25) is 9.10 Å². The van der Waals surface area contributed by atoms with Crippen molar-refractivity contribution in [1.29, 1.82) is 0 Å². The Morgan fingerprint density at radius 1 is 0.970 bits per heavy atom. The number of para-hydroxylation sites is 1. The minimum Gasteiger partial charge on any atom is -0.493 e. The van der Waals surface area contributed by atoms with Crippen LogP contribution in [0.4, 0.5) is 10.1 Å². The number of nitrogens with zero attached hydrogens (tertiary/aromatic N) is 1. The number of benzene rings is 3. The average Bonchev–Trinajstić information content (AvgIpc) is 2.82. The lowest BCUT2D eigenvalue weighted by Gasteiger charge is -2.25. The molecular formula is C24H25FN2O5S. The van der Waals surface area contributed by atoms with Gasteiger partial charge in [-0.15, -0.1) is 0 Å². The van der Waals surface area contributed by atoms with Gasteiger partial charge in [-0.25, -0.2) is 12.8 Å². The zero-order chi connectivity index (χ0) is 24.0. The third kappa shape index (κ3) is 5.43. The van der Waals surface area contributed by atoms with Crippen molar-refractivity contribution in [3.8, 4) is 11.5 Å². The maximum absolute atomic E-state index is 14.6. The topological polar surface area (TPSA) is 84.9 Å². The van der Waals surface area contributed by atoms with Crippen LogP contribution in [0.2, 0.25) is 0 Å². The lowest BCUT2D eigenvalue weighted by Crippen LogP contribution is -2.41. The van der Waals surface area contributed by atoms with Gasteiger partial charge in [-0.2, -0.15) is 0 Å². The zero-order valence-corrected chi connectivity index (χ0v) is 19.4. The van der Waals surface area contributed by atoms with Crippen LogP contribution in [0.15, 0.2) is 71.6 Å².